The van der Waals surface area contributed by atoms with Gasteiger partial charge < -0.3 is 20.1 Å². The van der Waals surface area contributed by atoms with Crippen molar-refractivity contribution in [2.24, 2.45) is 5.41 Å². The van der Waals surface area contributed by atoms with Crippen LogP contribution in [0.2, 0.25) is 0 Å². The smallest absolute Gasteiger partial charge is 0.235 e. The molecule has 27 heavy (non-hydrogen) atoms. The van der Waals surface area contributed by atoms with Gasteiger partial charge in [-0.15, -0.1) is 0 Å². The second-order valence-corrected chi connectivity index (χ2v) is 7.57. The van der Waals surface area contributed by atoms with Crippen LogP contribution in [-0.4, -0.2) is 25.2 Å². The standard InChI is InChI=1S/C21H26N2O4/c24-19(22-11-8-15-4-2-1-3-5-15)21(9-10-21)20(25)23-13-16-6-7-17-18(12-16)27-14-26-17/h4,6-7,12H,1-3,5,8-11,13-14H2,(H,22,24)(H,23,25). The number of rotatable bonds is 7. The number of fused-ring (bicyclic) bond motifs is 1. The maximum atomic E-state index is 12.6. The fourth-order valence-corrected chi connectivity index (χ4v) is 3.72. The molecule has 0 radical (unpaired) electrons. The van der Waals surface area contributed by atoms with Gasteiger partial charge >= 0.3 is 0 Å². The Hall–Kier alpha value is -2.50. The Morgan fingerprint density at radius 1 is 1.04 bits per heavy atom. The lowest BCUT2D eigenvalue weighted by Gasteiger charge is -2.17. The van der Waals surface area contributed by atoms with Crippen molar-refractivity contribution in [2.75, 3.05) is 13.3 Å². The van der Waals surface area contributed by atoms with Crippen LogP contribution in [0.15, 0.2) is 29.8 Å². The topological polar surface area (TPSA) is 76.7 Å². The van der Waals surface area contributed by atoms with Crippen molar-refractivity contribution in [1.82, 2.24) is 10.6 Å². The van der Waals surface area contributed by atoms with Crippen molar-refractivity contribution in [3.8, 4) is 11.5 Å². The third-order valence-corrected chi connectivity index (χ3v) is 5.63. The second kappa shape index (κ2) is 7.62. The molecular formula is C21H26N2O4. The first kappa shape index (κ1) is 17.9. The minimum absolute atomic E-state index is 0.137. The van der Waals surface area contributed by atoms with Gasteiger partial charge in [-0.25, -0.2) is 0 Å². The third kappa shape index (κ3) is 3.94. The first-order valence-electron chi connectivity index (χ1n) is 9.80. The van der Waals surface area contributed by atoms with E-state index in [4.69, 9.17) is 9.47 Å². The summed E-state index contributed by atoms with van der Waals surface area (Å²) in [4.78, 5) is 25.1. The summed E-state index contributed by atoms with van der Waals surface area (Å²) in [6.07, 6.45) is 9.21. The number of allylic oxidation sites excluding steroid dienone is 1. The van der Waals surface area contributed by atoms with Gasteiger partial charge in [-0.3, -0.25) is 9.59 Å². The van der Waals surface area contributed by atoms with Crippen molar-refractivity contribution >= 4 is 11.8 Å². The molecule has 144 valence electrons. The zero-order chi connectivity index (χ0) is 18.7. The van der Waals surface area contributed by atoms with Crippen molar-refractivity contribution in [1.29, 1.82) is 0 Å². The van der Waals surface area contributed by atoms with Crippen LogP contribution in [0.3, 0.4) is 0 Å². The molecule has 1 saturated carbocycles. The molecule has 0 spiro atoms. The molecule has 4 rings (SSSR count). The van der Waals surface area contributed by atoms with E-state index < -0.39 is 5.41 Å². The molecule has 1 aliphatic heterocycles. The van der Waals surface area contributed by atoms with Gasteiger partial charge in [0.15, 0.2) is 11.5 Å². The summed E-state index contributed by atoms with van der Waals surface area (Å²) in [5.74, 6) is 1.09. The van der Waals surface area contributed by atoms with E-state index in [0.717, 1.165) is 30.6 Å². The molecule has 6 nitrogen and oxygen atoms in total. The van der Waals surface area contributed by atoms with Gasteiger partial charge in [0.1, 0.15) is 5.41 Å². The predicted octanol–water partition coefficient (Wildman–Crippen LogP) is 2.82. The minimum atomic E-state index is -0.878. The van der Waals surface area contributed by atoms with Crippen LogP contribution in [-0.2, 0) is 16.1 Å². The molecule has 2 aliphatic carbocycles. The third-order valence-electron chi connectivity index (χ3n) is 5.63. The molecule has 0 atom stereocenters. The normalized spacial score (nSPS) is 19.2. The van der Waals surface area contributed by atoms with E-state index in [1.807, 2.05) is 18.2 Å². The molecule has 1 heterocycles. The summed E-state index contributed by atoms with van der Waals surface area (Å²) < 4.78 is 10.6. The molecular weight excluding hydrogens is 344 g/mol. The number of carbonyl (C=O) groups excluding carboxylic acids is 2. The maximum Gasteiger partial charge on any atom is 0.235 e. The molecule has 2 amide bonds. The minimum Gasteiger partial charge on any atom is -0.454 e. The number of ether oxygens (including phenoxy) is 2. The molecule has 0 saturated heterocycles. The van der Waals surface area contributed by atoms with E-state index >= 15 is 0 Å². The Morgan fingerprint density at radius 2 is 1.85 bits per heavy atom. The van der Waals surface area contributed by atoms with E-state index in [1.54, 1.807) is 0 Å². The zero-order valence-electron chi connectivity index (χ0n) is 15.5. The van der Waals surface area contributed by atoms with Gasteiger partial charge in [-0.2, -0.15) is 0 Å². The van der Waals surface area contributed by atoms with E-state index in [1.165, 1.54) is 18.4 Å². The molecule has 6 heteroatoms. The number of carbonyl (C=O) groups is 2. The highest BCUT2D eigenvalue weighted by molar-refractivity contribution is 6.07. The molecule has 1 aromatic rings. The highest BCUT2D eigenvalue weighted by Gasteiger charge is 2.56. The van der Waals surface area contributed by atoms with Gasteiger partial charge in [-0.1, -0.05) is 17.7 Å². The van der Waals surface area contributed by atoms with E-state index in [9.17, 15) is 9.59 Å². The van der Waals surface area contributed by atoms with Gasteiger partial charge in [0.2, 0.25) is 18.6 Å². The fourth-order valence-electron chi connectivity index (χ4n) is 3.72. The first-order valence-corrected chi connectivity index (χ1v) is 9.80. The van der Waals surface area contributed by atoms with E-state index in [0.29, 0.717) is 31.7 Å². The lowest BCUT2D eigenvalue weighted by atomic mass is 9.97. The average molecular weight is 370 g/mol. The van der Waals surface area contributed by atoms with Gasteiger partial charge in [-0.05, 0) is 62.6 Å². The highest BCUT2D eigenvalue weighted by Crippen LogP contribution is 2.46. The van der Waals surface area contributed by atoms with Crippen molar-refractivity contribution < 1.29 is 19.1 Å². The summed E-state index contributed by atoms with van der Waals surface area (Å²) in [7, 11) is 0. The number of hydrogen-bond donors (Lipinski definition) is 2. The number of hydrogen-bond acceptors (Lipinski definition) is 4. The van der Waals surface area contributed by atoms with Crippen LogP contribution in [0.25, 0.3) is 0 Å². The quantitative estimate of drug-likeness (QED) is 0.572. The maximum absolute atomic E-state index is 12.6. The van der Waals surface area contributed by atoms with Crippen LogP contribution in [0.1, 0.15) is 50.5 Å². The molecule has 2 N–H and O–H groups in total. The Kier molecular flexibility index (Phi) is 5.05. The largest absolute Gasteiger partial charge is 0.454 e. The number of nitrogens with one attached hydrogen (secondary N) is 2. The second-order valence-electron chi connectivity index (χ2n) is 7.57. The molecule has 3 aliphatic rings. The SMILES string of the molecule is O=C(NCCC1=CCCCC1)C1(C(=O)NCc2ccc3c(c2)OCO3)CC1. The van der Waals surface area contributed by atoms with Crippen molar-refractivity contribution in [2.45, 2.75) is 51.5 Å². The number of benzene rings is 1. The van der Waals surface area contributed by atoms with Crippen LogP contribution < -0.4 is 20.1 Å². The average Bonchev–Trinajstić information content (AvgIpc) is 3.38. The molecule has 1 fully saturated rings. The Labute approximate surface area is 159 Å². The molecule has 0 aromatic heterocycles. The van der Waals surface area contributed by atoms with E-state index in [-0.39, 0.29) is 18.6 Å². The fraction of sp³-hybridized carbons (Fsp3) is 0.524. The van der Waals surface area contributed by atoms with E-state index in [2.05, 4.69) is 16.7 Å². The predicted molar refractivity (Wildman–Crippen MR) is 100 cm³/mol. The Balaban J connectivity index is 1.26. The highest BCUT2D eigenvalue weighted by atomic mass is 16.7. The van der Waals surface area contributed by atoms with Crippen LogP contribution >= 0.6 is 0 Å². The van der Waals surface area contributed by atoms with Crippen molar-refractivity contribution in [3.63, 3.8) is 0 Å². The first-order chi connectivity index (χ1) is 13.2. The van der Waals surface area contributed by atoms with Gasteiger partial charge in [0.25, 0.3) is 0 Å². The summed E-state index contributed by atoms with van der Waals surface area (Å²) in [6.45, 7) is 1.21. The number of amides is 2. The van der Waals surface area contributed by atoms with Crippen LogP contribution in [0.5, 0.6) is 11.5 Å². The van der Waals surface area contributed by atoms with Crippen LogP contribution in [0, 0.1) is 5.41 Å². The Bertz CT molecular complexity index is 767. The van der Waals surface area contributed by atoms with Crippen LogP contribution in [0.4, 0.5) is 0 Å². The monoisotopic (exact) mass is 370 g/mol. The zero-order valence-corrected chi connectivity index (χ0v) is 15.5. The molecule has 1 aromatic carbocycles. The summed E-state index contributed by atoms with van der Waals surface area (Å²) in [5, 5.41) is 5.87. The lowest BCUT2D eigenvalue weighted by Crippen LogP contribution is -2.43. The molecule has 0 unspecified atom stereocenters. The lowest BCUT2D eigenvalue weighted by molar-refractivity contribution is -0.137. The summed E-state index contributed by atoms with van der Waals surface area (Å²) in [5.41, 5.74) is 1.48. The summed E-state index contributed by atoms with van der Waals surface area (Å²) in [6, 6.07) is 5.59. The Morgan fingerprint density at radius 3 is 2.63 bits per heavy atom. The van der Waals surface area contributed by atoms with Gasteiger partial charge in [0.05, 0.1) is 0 Å². The summed E-state index contributed by atoms with van der Waals surface area (Å²) >= 11 is 0. The van der Waals surface area contributed by atoms with Gasteiger partial charge in [0, 0.05) is 13.1 Å². The molecule has 0 bridgehead atoms. The van der Waals surface area contributed by atoms with Crippen molar-refractivity contribution in [3.05, 3.63) is 35.4 Å².